The number of primary amides is 1. The molecule has 0 bridgehead atoms. The lowest BCUT2D eigenvalue weighted by Gasteiger charge is -2.13. The first-order valence-electron chi connectivity index (χ1n) is 8.25. The van der Waals surface area contributed by atoms with E-state index in [1.54, 1.807) is 0 Å². The molecule has 0 aromatic heterocycles. The lowest BCUT2D eigenvalue weighted by atomic mass is 9.94. The van der Waals surface area contributed by atoms with Crippen molar-refractivity contribution >= 4 is 5.91 Å². The molecule has 0 aliphatic heterocycles. The quantitative estimate of drug-likeness (QED) is 0.518. The highest BCUT2D eigenvalue weighted by molar-refractivity contribution is 5.96. The summed E-state index contributed by atoms with van der Waals surface area (Å²) in [5.74, 6) is -0.855. The smallest absolute Gasteiger partial charge is 0.366 e. The Kier molecular flexibility index (Phi) is 5.13. The molecule has 0 saturated carbocycles. The van der Waals surface area contributed by atoms with Gasteiger partial charge in [0.2, 0.25) is 5.91 Å². The van der Waals surface area contributed by atoms with E-state index in [2.05, 4.69) is 0 Å². The molecule has 8 heteroatoms. The number of rotatable bonds is 3. The summed E-state index contributed by atoms with van der Waals surface area (Å²) in [6.45, 7) is 0. The van der Waals surface area contributed by atoms with Crippen LogP contribution < -0.4 is 5.73 Å². The van der Waals surface area contributed by atoms with E-state index in [1.807, 2.05) is 0 Å². The van der Waals surface area contributed by atoms with E-state index in [0.29, 0.717) is 0 Å². The molecule has 0 heterocycles. The molecule has 0 fully saturated rings. The van der Waals surface area contributed by atoms with Gasteiger partial charge in [-0.25, -0.2) is 0 Å². The summed E-state index contributed by atoms with van der Waals surface area (Å²) < 4.78 is 78.1. The predicted octanol–water partition coefficient (Wildman–Crippen LogP) is 6.16. The normalized spacial score (nSPS) is 12.1. The van der Waals surface area contributed by atoms with Crippen molar-refractivity contribution in [2.24, 2.45) is 5.73 Å². The summed E-state index contributed by atoms with van der Waals surface area (Å²) in [7, 11) is 0. The third-order valence-corrected chi connectivity index (χ3v) is 4.26. The van der Waals surface area contributed by atoms with Gasteiger partial charge < -0.3 is 5.73 Å². The molecule has 0 aliphatic rings. The van der Waals surface area contributed by atoms with Crippen LogP contribution in [-0.2, 0) is 12.4 Å². The fraction of sp³-hybridized carbons (Fsp3) is 0.0952. The molecular formula is C21H13F6NO. The van der Waals surface area contributed by atoms with E-state index < -0.39 is 29.4 Å². The van der Waals surface area contributed by atoms with Crippen molar-refractivity contribution in [2.45, 2.75) is 12.4 Å². The minimum Gasteiger partial charge on any atom is -0.366 e. The van der Waals surface area contributed by atoms with Crippen molar-refractivity contribution in [3.8, 4) is 22.3 Å². The largest absolute Gasteiger partial charge is 0.416 e. The summed E-state index contributed by atoms with van der Waals surface area (Å²) in [6, 6.07) is 12.8. The van der Waals surface area contributed by atoms with Crippen LogP contribution in [0.4, 0.5) is 26.3 Å². The zero-order valence-corrected chi connectivity index (χ0v) is 14.6. The van der Waals surface area contributed by atoms with Gasteiger partial charge in [-0.3, -0.25) is 4.79 Å². The first-order valence-corrected chi connectivity index (χ1v) is 8.25. The molecule has 3 aromatic rings. The number of carbonyl (C=O) groups excluding carboxylic acids is 1. The number of amides is 1. The van der Waals surface area contributed by atoms with Crippen LogP contribution in [0.5, 0.6) is 0 Å². The van der Waals surface area contributed by atoms with Gasteiger partial charge >= 0.3 is 12.4 Å². The summed E-state index contributed by atoms with van der Waals surface area (Å²) in [5, 5.41) is 0. The van der Waals surface area contributed by atoms with Crippen molar-refractivity contribution in [1.82, 2.24) is 0 Å². The zero-order chi connectivity index (χ0) is 21.4. The SMILES string of the molecule is NC(=O)c1cc(-c2cccc(C(F)(F)F)c2)cc(-c2cccc(C(F)(F)F)c2)c1. The highest BCUT2D eigenvalue weighted by Crippen LogP contribution is 2.36. The number of benzene rings is 3. The van der Waals surface area contributed by atoms with E-state index in [4.69, 9.17) is 5.73 Å². The molecule has 0 spiro atoms. The summed E-state index contributed by atoms with van der Waals surface area (Å²) >= 11 is 0. The molecule has 29 heavy (non-hydrogen) atoms. The Morgan fingerprint density at radius 3 is 1.38 bits per heavy atom. The number of hydrogen-bond acceptors (Lipinski definition) is 1. The maximum atomic E-state index is 13.0. The van der Waals surface area contributed by atoms with Crippen LogP contribution >= 0.6 is 0 Å². The van der Waals surface area contributed by atoms with E-state index in [-0.39, 0.29) is 27.8 Å². The molecule has 2 nitrogen and oxygen atoms in total. The third-order valence-electron chi connectivity index (χ3n) is 4.26. The van der Waals surface area contributed by atoms with Crippen LogP contribution in [0.3, 0.4) is 0 Å². The van der Waals surface area contributed by atoms with Gasteiger partial charge in [-0.1, -0.05) is 24.3 Å². The average molecular weight is 409 g/mol. The fourth-order valence-corrected chi connectivity index (χ4v) is 2.85. The Bertz CT molecular complexity index is 994. The Morgan fingerprint density at radius 1 is 0.621 bits per heavy atom. The minimum atomic E-state index is -4.57. The monoisotopic (exact) mass is 409 g/mol. The molecule has 0 radical (unpaired) electrons. The standard InChI is InChI=1S/C21H13F6NO/c22-20(23,24)17-5-1-3-12(10-17)14-7-15(9-16(8-14)19(28)29)13-4-2-6-18(11-13)21(25,26)27/h1-11H,(H2,28,29). The van der Waals surface area contributed by atoms with E-state index in [1.165, 1.54) is 42.5 Å². The van der Waals surface area contributed by atoms with Crippen LogP contribution in [0, 0.1) is 0 Å². The molecule has 0 unspecified atom stereocenters. The van der Waals surface area contributed by atoms with Crippen LogP contribution in [-0.4, -0.2) is 5.91 Å². The Balaban J connectivity index is 2.17. The van der Waals surface area contributed by atoms with Crippen LogP contribution in [0.1, 0.15) is 21.5 Å². The van der Waals surface area contributed by atoms with E-state index >= 15 is 0 Å². The maximum Gasteiger partial charge on any atom is 0.416 e. The van der Waals surface area contributed by atoms with Gasteiger partial charge in [0.1, 0.15) is 0 Å². The van der Waals surface area contributed by atoms with Crippen molar-refractivity contribution in [3.05, 3.63) is 83.4 Å². The van der Waals surface area contributed by atoms with Gasteiger partial charge in [0.05, 0.1) is 11.1 Å². The first-order chi connectivity index (χ1) is 13.4. The van der Waals surface area contributed by atoms with Gasteiger partial charge in [0.25, 0.3) is 0 Å². The number of halogens is 6. The van der Waals surface area contributed by atoms with Gasteiger partial charge in [-0.2, -0.15) is 26.3 Å². The molecule has 0 aliphatic carbocycles. The number of carbonyl (C=O) groups is 1. The average Bonchev–Trinajstić information content (AvgIpc) is 2.66. The van der Waals surface area contributed by atoms with Crippen LogP contribution in [0.25, 0.3) is 22.3 Å². The van der Waals surface area contributed by atoms with Gasteiger partial charge in [0.15, 0.2) is 0 Å². The highest BCUT2D eigenvalue weighted by atomic mass is 19.4. The second-order valence-corrected chi connectivity index (χ2v) is 6.32. The topological polar surface area (TPSA) is 43.1 Å². The van der Waals surface area contributed by atoms with Crippen molar-refractivity contribution < 1.29 is 31.1 Å². The predicted molar refractivity (Wildman–Crippen MR) is 95.8 cm³/mol. The third kappa shape index (κ3) is 4.59. The van der Waals surface area contributed by atoms with Crippen molar-refractivity contribution in [3.63, 3.8) is 0 Å². The Morgan fingerprint density at radius 2 is 1.03 bits per heavy atom. The first kappa shape index (κ1) is 20.4. The van der Waals surface area contributed by atoms with Gasteiger partial charge in [-0.15, -0.1) is 0 Å². The van der Waals surface area contributed by atoms with Gasteiger partial charge in [0, 0.05) is 5.56 Å². The number of hydrogen-bond donors (Lipinski definition) is 1. The van der Waals surface area contributed by atoms with E-state index in [9.17, 15) is 31.1 Å². The number of nitrogens with two attached hydrogens (primary N) is 1. The second kappa shape index (κ2) is 7.27. The zero-order valence-electron chi connectivity index (χ0n) is 14.6. The van der Waals surface area contributed by atoms with Crippen LogP contribution in [0.15, 0.2) is 66.7 Å². The Hall–Kier alpha value is -3.29. The molecule has 1 amide bonds. The molecule has 0 saturated heterocycles. The summed E-state index contributed by atoms with van der Waals surface area (Å²) in [5.41, 5.74) is 4.24. The van der Waals surface area contributed by atoms with E-state index in [0.717, 1.165) is 24.3 Å². The Labute approximate surface area is 161 Å². The molecular weight excluding hydrogens is 396 g/mol. The molecule has 0 atom stereocenters. The van der Waals surface area contributed by atoms with Crippen molar-refractivity contribution in [2.75, 3.05) is 0 Å². The molecule has 150 valence electrons. The van der Waals surface area contributed by atoms with Crippen LogP contribution in [0.2, 0.25) is 0 Å². The highest BCUT2D eigenvalue weighted by Gasteiger charge is 2.31. The lowest BCUT2D eigenvalue weighted by Crippen LogP contribution is -2.11. The maximum absolute atomic E-state index is 13.0. The summed E-state index contributed by atoms with van der Waals surface area (Å²) in [4.78, 5) is 11.7. The summed E-state index contributed by atoms with van der Waals surface area (Å²) in [6.07, 6.45) is -9.14. The fourth-order valence-electron chi connectivity index (χ4n) is 2.85. The molecule has 3 aromatic carbocycles. The number of alkyl halides is 6. The molecule has 2 N–H and O–H groups in total. The second-order valence-electron chi connectivity index (χ2n) is 6.32. The van der Waals surface area contributed by atoms with Gasteiger partial charge in [-0.05, 0) is 64.7 Å². The van der Waals surface area contributed by atoms with Crippen molar-refractivity contribution in [1.29, 1.82) is 0 Å². The molecule has 3 rings (SSSR count). The lowest BCUT2D eigenvalue weighted by molar-refractivity contribution is -0.138. The minimum absolute atomic E-state index is 0.0349.